The van der Waals surface area contributed by atoms with Gasteiger partial charge in [-0.25, -0.2) is 0 Å². The van der Waals surface area contributed by atoms with E-state index in [4.69, 9.17) is 11.6 Å². The molecule has 1 atom stereocenters. The molecule has 0 fully saturated rings. The minimum Gasteiger partial charge on any atom is -0.309 e. The van der Waals surface area contributed by atoms with Crippen molar-refractivity contribution in [1.29, 1.82) is 0 Å². The third kappa shape index (κ3) is 5.03. The second-order valence-corrected chi connectivity index (χ2v) is 6.45. The number of aryl methyl sites for hydroxylation is 1. The Morgan fingerprint density at radius 2 is 2.05 bits per heavy atom. The van der Waals surface area contributed by atoms with Crippen LogP contribution in [0.1, 0.15) is 30.6 Å². The summed E-state index contributed by atoms with van der Waals surface area (Å²) in [5, 5.41) is 4.41. The molecule has 21 heavy (non-hydrogen) atoms. The van der Waals surface area contributed by atoms with E-state index in [1.165, 1.54) is 5.56 Å². The zero-order chi connectivity index (χ0) is 15.1. The topological polar surface area (TPSA) is 24.9 Å². The number of rotatable bonds is 7. The molecular formula is C17H21ClN2S. The first-order valence-corrected chi connectivity index (χ1v) is 8.60. The van der Waals surface area contributed by atoms with Gasteiger partial charge in [0.2, 0.25) is 0 Å². The van der Waals surface area contributed by atoms with E-state index in [0.29, 0.717) is 6.04 Å². The van der Waals surface area contributed by atoms with Crippen molar-refractivity contribution in [1.82, 2.24) is 10.3 Å². The molecule has 0 aliphatic carbocycles. The van der Waals surface area contributed by atoms with Gasteiger partial charge in [-0.1, -0.05) is 36.7 Å². The van der Waals surface area contributed by atoms with E-state index in [-0.39, 0.29) is 0 Å². The number of hydrogen-bond acceptors (Lipinski definition) is 3. The Kier molecular flexibility index (Phi) is 6.55. The average Bonchev–Trinajstić information content (AvgIpc) is 2.50. The minimum atomic E-state index is 0.291. The second kappa shape index (κ2) is 8.42. The Bertz CT molecular complexity index is 557. The number of halogens is 1. The van der Waals surface area contributed by atoms with Crippen molar-refractivity contribution in [2.45, 2.75) is 31.2 Å². The molecule has 0 aliphatic rings. The summed E-state index contributed by atoms with van der Waals surface area (Å²) >= 11 is 8.01. The van der Waals surface area contributed by atoms with E-state index < -0.39 is 0 Å². The largest absolute Gasteiger partial charge is 0.309 e. The fraction of sp³-hybridized carbons (Fsp3) is 0.353. The van der Waals surface area contributed by atoms with Gasteiger partial charge in [0.1, 0.15) is 0 Å². The quantitative estimate of drug-likeness (QED) is 0.736. The van der Waals surface area contributed by atoms with Crippen LogP contribution in [0.15, 0.2) is 47.5 Å². The smallest absolute Gasteiger partial charge is 0.0541 e. The van der Waals surface area contributed by atoms with Crippen LogP contribution < -0.4 is 5.32 Å². The van der Waals surface area contributed by atoms with E-state index >= 15 is 0 Å². The van der Waals surface area contributed by atoms with E-state index in [0.717, 1.165) is 34.3 Å². The zero-order valence-electron chi connectivity index (χ0n) is 12.5. The zero-order valence-corrected chi connectivity index (χ0v) is 14.0. The summed E-state index contributed by atoms with van der Waals surface area (Å²) in [6.07, 6.45) is 3.09. The van der Waals surface area contributed by atoms with Gasteiger partial charge in [-0.3, -0.25) is 4.98 Å². The molecule has 0 aliphatic heterocycles. The number of aromatic nitrogens is 1. The fourth-order valence-electron chi connectivity index (χ4n) is 2.01. The van der Waals surface area contributed by atoms with Gasteiger partial charge in [-0.05, 0) is 43.7 Å². The number of nitrogens with one attached hydrogen (secondary N) is 1. The molecule has 4 heteroatoms. The molecule has 2 rings (SSSR count). The van der Waals surface area contributed by atoms with Crippen LogP contribution >= 0.6 is 23.4 Å². The van der Waals surface area contributed by atoms with Crippen LogP contribution in [0.3, 0.4) is 0 Å². The van der Waals surface area contributed by atoms with Gasteiger partial charge in [-0.2, -0.15) is 0 Å². The highest BCUT2D eigenvalue weighted by atomic mass is 35.5. The summed E-state index contributed by atoms with van der Waals surface area (Å²) in [6, 6.07) is 12.5. The minimum absolute atomic E-state index is 0.291. The lowest BCUT2D eigenvalue weighted by Crippen LogP contribution is -2.24. The highest BCUT2D eigenvalue weighted by Crippen LogP contribution is 2.30. The maximum absolute atomic E-state index is 6.23. The van der Waals surface area contributed by atoms with E-state index in [9.17, 15) is 0 Å². The lowest BCUT2D eigenvalue weighted by molar-refractivity contribution is 0.575. The maximum Gasteiger partial charge on any atom is 0.0541 e. The lowest BCUT2D eigenvalue weighted by Gasteiger charge is -2.19. The van der Waals surface area contributed by atoms with Crippen molar-refractivity contribution in [2.75, 3.05) is 12.3 Å². The van der Waals surface area contributed by atoms with Gasteiger partial charge in [-0.15, -0.1) is 11.8 Å². The average molecular weight is 321 g/mol. The van der Waals surface area contributed by atoms with Crippen molar-refractivity contribution in [3.63, 3.8) is 0 Å². The molecule has 2 aromatic rings. The van der Waals surface area contributed by atoms with E-state index in [2.05, 4.69) is 35.4 Å². The number of pyridine rings is 1. The van der Waals surface area contributed by atoms with Gasteiger partial charge in [0.05, 0.1) is 5.02 Å². The van der Waals surface area contributed by atoms with Crippen molar-refractivity contribution in [2.24, 2.45) is 0 Å². The molecule has 112 valence electrons. The number of thioether (sulfide) groups is 1. The monoisotopic (exact) mass is 320 g/mol. The number of nitrogens with zero attached hydrogens (tertiary/aromatic N) is 1. The van der Waals surface area contributed by atoms with Crippen molar-refractivity contribution in [3.05, 3.63) is 58.9 Å². The molecule has 0 spiro atoms. The SMILES string of the molecule is CCCNC(CSc1ccccc1Cl)c1ccc(C)nc1. The van der Waals surface area contributed by atoms with Crippen molar-refractivity contribution in [3.8, 4) is 0 Å². The Labute approximate surface area is 136 Å². The third-order valence-corrected chi connectivity index (χ3v) is 4.83. The summed E-state index contributed by atoms with van der Waals surface area (Å²) in [6.45, 7) is 5.19. The van der Waals surface area contributed by atoms with Crippen LogP contribution in [0.4, 0.5) is 0 Å². The molecule has 0 saturated carbocycles. The molecule has 1 N–H and O–H groups in total. The Balaban J connectivity index is 2.06. The number of benzene rings is 1. The van der Waals surface area contributed by atoms with E-state index in [1.807, 2.05) is 31.3 Å². The molecule has 1 aromatic heterocycles. The first-order valence-electron chi connectivity index (χ1n) is 7.24. The molecule has 0 saturated heterocycles. The second-order valence-electron chi connectivity index (χ2n) is 4.98. The van der Waals surface area contributed by atoms with Crippen LogP contribution in [-0.4, -0.2) is 17.3 Å². The van der Waals surface area contributed by atoms with E-state index in [1.54, 1.807) is 11.8 Å². The maximum atomic E-state index is 6.23. The molecule has 1 aromatic carbocycles. The van der Waals surface area contributed by atoms with Gasteiger partial charge < -0.3 is 5.32 Å². The normalized spacial score (nSPS) is 12.3. The molecule has 1 heterocycles. The Hall–Kier alpha value is -1.03. The summed E-state index contributed by atoms with van der Waals surface area (Å²) in [5.74, 6) is 0.939. The Morgan fingerprint density at radius 3 is 2.71 bits per heavy atom. The predicted molar refractivity (Wildman–Crippen MR) is 92.2 cm³/mol. The predicted octanol–water partition coefficient (Wildman–Crippen LogP) is 4.88. The standard InChI is InChI=1S/C17H21ClN2S/c1-3-10-19-16(14-9-8-13(2)20-11-14)12-21-17-7-5-4-6-15(17)18/h4-9,11,16,19H,3,10,12H2,1-2H3. The Morgan fingerprint density at radius 1 is 1.24 bits per heavy atom. The van der Waals surface area contributed by atoms with Gasteiger partial charge >= 0.3 is 0 Å². The van der Waals surface area contributed by atoms with Crippen molar-refractivity contribution >= 4 is 23.4 Å². The summed E-state index contributed by atoms with van der Waals surface area (Å²) in [4.78, 5) is 5.53. The molecule has 0 bridgehead atoms. The summed E-state index contributed by atoms with van der Waals surface area (Å²) < 4.78 is 0. The fourth-order valence-corrected chi connectivity index (χ4v) is 3.35. The lowest BCUT2D eigenvalue weighted by atomic mass is 10.1. The molecular weight excluding hydrogens is 300 g/mol. The summed E-state index contributed by atoms with van der Waals surface area (Å²) in [5.41, 5.74) is 2.28. The van der Waals surface area contributed by atoms with Crippen LogP contribution in [0.2, 0.25) is 5.02 Å². The van der Waals surface area contributed by atoms with Gasteiger partial charge in [0.15, 0.2) is 0 Å². The first-order chi connectivity index (χ1) is 10.2. The highest BCUT2D eigenvalue weighted by molar-refractivity contribution is 7.99. The van der Waals surface area contributed by atoms with Crippen LogP contribution in [0, 0.1) is 6.92 Å². The number of hydrogen-bond donors (Lipinski definition) is 1. The van der Waals surface area contributed by atoms with Crippen molar-refractivity contribution < 1.29 is 0 Å². The molecule has 0 radical (unpaired) electrons. The molecule has 0 amide bonds. The summed E-state index contributed by atoms with van der Waals surface area (Å²) in [7, 11) is 0. The van der Waals surface area contributed by atoms with Crippen LogP contribution in [0.25, 0.3) is 0 Å². The van der Waals surface area contributed by atoms with Gasteiger partial charge in [0.25, 0.3) is 0 Å². The third-order valence-electron chi connectivity index (χ3n) is 3.22. The molecule has 2 nitrogen and oxygen atoms in total. The highest BCUT2D eigenvalue weighted by Gasteiger charge is 2.12. The molecule has 1 unspecified atom stereocenters. The van der Waals surface area contributed by atoms with Gasteiger partial charge in [0, 0.05) is 28.6 Å². The van der Waals surface area contributed by atoms with Crippen LogP contribution in [0.5, 0.6) is 0 Å². The first kappa shape index (κ1) is 16.3. The van der Waals surface area contributed by atoms with Crippen LogP contribution in [-0.2, 0) is 0 Å².